The molecule has 0 aliphatic carbocycles. The van der Waals surface area contributed by atoms with Gasteiger partial charge in [0.25, 0.3) is 0 Å². The van der Waals surface area contributed by atoms with Crippen LogP contribution in [0.1, 0.15) is 17.7 Å². The van der Waals surface area contributed by atoms with E-state index in [0.717, 1.165) is 18.8 Å². The van der Waals surface area contributed by atoms with Crippen LogP contribution in [-0.2, 0) is 27.5 Å². The second kappa shape index (κ2) is 14.9. The Bertz CT molecular complexity index is 1080. The lowest BCUT2D eigenvalue weighted by Crippen LogP contribution is -2.56. The van der Waals surface area contributed by atoms with Gasteiger partial charge in [0.15, 0.2) is 0 Å². The van der Waals surface area contributed by atoms with Gasteiger partial charge in [-0.25, -0.2) is 14.4 Å². The zero-order valence-electron chi connectivity index (χ0n) is 21.2. The molecule has 42 heavy (non-hydrogen) atoms. The van der Waals surface area contributed by atoms with Crippen molar-refractivity contribution in [1.82, 2.24) is 14.8 Å². The first-order valence-electron chi connectivity index (χ1n) is 11.4. The van der Waals surface area contributed by atoms with E-state index in [9.17, 15) is 39.5 Å². The maximum atomic E-state index is 10.6. The number of aliphatic carboxylic acids is 3. The fraction of sp³-hybridized carbons (Fsp3) is 0.478. The van der Waals surface area contributed by atoms with E-state index in [1.807, 2.05) is 24.5 Å². The van der Waals surface area contributed by atoms with Crippen molar-refractivity contribution in [2.75, 3.05) is 26.2 Å². The van der Waals surface area contributed by atoms with Gasteiger partial charge in [-0.3, -0.25) is 14.8 Å². The number of alkyl halides is 9. The van der Waals surface area contributed by atoms with Gasteiger partial charge in [-0.15, -0.1) is 0 Å². The molecule has 0 amide bonds. The Labute approximate surface area is 230 Å². The van der Waals surface area contributed by atoms with E-state index in [1.165, 1.54) is 38.2 Å². The quantitative estimate of drug-likeness (QED) is 0.421. The minimum absolute atomic E-state index is 0.523. The predicted molar refractivity (Wildman–Crippen MR) is 122 cm³/mol. The molecule has 3 N–H and O–H groups in total. The van der Waals surface area contributed by atoms with Crippen molar-refractivity contribution >= 4 is 17.9 Å². The van der Waals surface area contributed by atoms with Crippen molar-refractivity contribution in [2.45, 2.75) is 38.0 Å². The number of hydrogen-bond acceptors (Lipinski definition) is 7. The average molecular weight is 625 g/mol. The van der Waals surface area contributed by atoms with Crippen LogP contribution in [0.3, 0.4) is 0 Å². The number of pyridine rings is 1. The van der Waals surface area contributed by atoms with E-state index in [2.05, 4.69) is 26.9 Å². The van der Waals surface area contributed by atoms with Crippen LogP contribution in [0, 0.1) is 5.41 Å². The van der Waals surface area contributed by atoms with Gasteiger partial charge in [0.05, 0.1) is 12.8 Å². The molecule has 0 bridgehead atoms. The second-order valence-corrected chi connectivity index (χ2v) is 8.96. The number of furan rings is 1. The molecule has 4 heterocycles. The lowest BCUT2D eigenvalue weighted by molar-refractivity contribution is -0.193. The summed E-state index contributed by atoms with van der Waals surface area (Å²) in [5.41, 5.74) is 1.84. The number of carbonyl (C=O) groups is 3. The van der Waals surface area contributed by atoms with Crippen LogP contribution in [0.15, 0.2) is 47.3 Å². The lowest BCUT2D eigenvalue weighted by Gasteiger charge is -2.48. The Morgan fingerprint density at radius 2 is 1.26 bits per heavy atom. The molecule has 0 radical (unpaired) electrons. The van der Waals surface area contributed by atoms with Gasteiger partial charge in [0.1, 0.15) is 5.76 Å². The maximum absolute atomic E-state index is 10.6. The molecule has 0 aromatic carbocycles. The van der Waals surface area contributed by atoms with E-state index in [0.29, 0.717) is 5.41 Å². The molecule has 236 valence electrons. The highest BCUT2D eigenvalue weighted by Gasteiger charge is 2.47. The van der Waals surface area contributed by atoms with Gasteiger partial charge >= 0.3 is 36.4 Å². The first kappa shape index (κ1) is 36.2. The number of likely N-dealkylation sites (tertiary alicyclic amines) is 2. The summed E-state index contributed by atoms with van der Waals surface area (Å²) in [7, 11) is 0. The van der Waals surface area contributed by atoms with Gasteiger partial charge in [0.2, 0.25) is 0 Å². The molecule has 2 saturated heterocycles. The Morgan fingerprint density at radius 3 is 1.64 bits per heavy atom. The minimum Gasteiger partial charge on any atom is -0.475 e. The standard InChI is InChI=1S/C17H21N3O.3C2HF3O2/c1-3-15(9-18-6-1)10-19-7-5-17(12-19)13-20(14-17)11-16-4-2-8-21-16;3*3-2(4,5)1(6)7/h1-4,6,8-9H,5,7,10-14H2;3*(H,6,7). The van der Waals surface area contributed by atoms with Crippen LogP contribution in [0.5, 0.6) is 0 Å². The zero-order valence-corrected chi connectivity index (χ0v) is 21.2. The van der Waals surface area contributed by atoms with Crippen LogP contribution < -0.4 is 0 Å². The van der Waals surface area contributed by atoms with Crippen molar-refractivity contribution < 1.29 is 73.6 Å². The Balaban J connectivity index is 0.000000348. The summed E-state index contributed by atoms with van der Waals surface area (Å²) in [5, 5.41) is 21.4. The molecule has 0 atom stereocenters. The molecule has 1 spiro atoms. The molecule has 19 heteroatoms. The first-order valence-corrected chi connectivity index (χ1v) is 11.4. The van der Waals surface area contributed by atoms with Gasteiger partial charge < -0.3 is 19.7 Å². The Hall–Kier alpha value is -3.87. The number of hydrogen-bond donors (Lipinski definition) is 3. The van der Waals surface area contributed by atoms with Crippen molar-refractivity contribution in [1.29, 1.82) is 0 Å². The molecule has 10 nitrogen and oxygen atoms in total. The molecule has 0 unspecified atom stereocenters. The number of aromatic nitrogens is 1. The molecule has 2 aromatic heterocycles. The Kier molecular flexibility index (Phi) is 12.8. The third kappa shape index (κ3) is 13.2. The number of rotatable bonds is 4. The minimum atomic E-state index is -5.08. The van der Waals surface area contributed by atoms with Crippen LogP contribution in [-0.4, -0.2) is 92.7 Å². The Morgan fingerprint density at radius 1 is 0.786 bits per heavy atom. The highest BCUT2D eigenvalue weighted by molar-refractivity contribution is 5.73. The molecule has 2 aliphatic rings. The van der Waals surface area contributed by atoms with E-state index in [1.54, 1.807) is 6.26 Å². The van der Waals surface area contributed by atoms with Crippen molar-refractivity contribution in [3.05, 3.63) is 54.2 Å². The third-order valence-electron chi connectivity index (χ3n) is 5.45. The van der Waals surface area contributed by atoms with Gasteiger partial charge in [0, 0.05) is 44.0 Å². The molecular formula is C23H24F9N3O7. The monoisotopic (exact) mass is 625 g/mol. The lowest BCUT2D eigenvalue weighted by atomic mass is 9.79. The van der Waals surface area contributed by atoms with Crippen molar-refractivity contribution in [3.8, 4) is 0 Å². The smallest absolute Gasteiger partial charge is 0.475 e. The summed E-state index contributed by atoms with van der Waals surface area (Å²) in [5.74, 6) is -7.19. The second-order valence-electron chi connectivity index (χ2n) is 8.96. The highest BCUT2D eigenvalue weighted by Crippen LogP contribution is 2.40. The fourth-order valence-corrected chi connectivity index (χ4v) is 3.81. The van der Waals surface area contributed by atoms with E-state index < -0.39 is 36.4 Å². The molecule has 0 saturated carbocycles. The molecular weight excluding hydrogens is 601 g/mol. The summed E-state index contributed by atoms with van der Waals surface area (Å²) in [6, 6.07) is 8.22. The normalized spacial score (nSPS) is 16.5. The molecule has 4 rings (SSSR count). The summed E-state index contributed by atoms with van der Waals surface area (Å²) in [6.07, 6.45) is -8.35. The average Bonchev–Trinajstić information content (AvgIpc) is 3.49. The highest BCUT2D eigenvalue weighted by atomic mass is 19.4. The van der Waals surface area contributed by atoms with E-state index >= 15 is 0 Å². The molecule has 2 fully saturated rings. The van der Waals surface area contributed by atoms with Crippen LogP contribution >= 0.6 is 0 Å². The fourth-order valence-electron chi connectivity index (χ4n) is 3.81. The van der Waals surface area contributed by atoms with Crippen LogP contribution in [0.2, 0.25) is 0 Å². The number of carboxylic acids is 3. The largest absolute Gasteiger partial charge is 0.490 e. The van der Waals surface area contributed by atoms with Gasteiger partial charge in [-0.1, -0.05) is 6.07 Å². The van der Waals surface area contributed by atoms with E-state index in [4.69, 9.17) is 34.1 Å². The number of halogens is 9. The van der Waals surface area contributed by atoms with Gasteiger partial charge in [-0.2, -0.15) is 39.5 Å². The number of carboxylic acid groups (broad SMARTS) is 3. The molecule has 2 aromatic rings. The molecule has 2 aliphatic heterocycles. The van der Waals surface area contributed by atoms with Gasteiger partial charge in [-0.05, 0) is 36.7 Å². The predicted octanol–water partition coefficient (Wildman–Crippen LogP) is 4.28. The summed E-state index contributed by atoms with van der Waals surface area (Å²) >= 11 is 0. The van der Waals surface area contributed by atoms with Crippen LogP contribution in [0.25, 0.3) is 0 Å². The summed E-state index contributed by atoms with van der Waals surface area (Å²) < 4.78 is 101. The first-order chi connectivity index (χ1) is 19.1. The third-order valence-corrected chi connectivity index (χ3v) is 5.45. The summed E-state index contributed by atoms with van der Waals surface area (Å²) in [6.45, 7) is 6.83. The van der Waals surface area contributed by atoms with Crippen molar-refractivity contribution in [2.24, 2.45) is 5.41 Å². The van der Waals surface area contributed by atoms with Crippen LogP contribution in [0.4, 0.5) is 39.5 Å². The summed E-state index contributed by atoms with van der Waals surface area (Å²) in [4.78, 5) is 36.0. The maximum Gasteiger partial charge on any atom is 0.490 e. The number of nitrogens with zero attached hydrogens (tertiary/aromatic N) is 3. The van der Waals surface area contributed by atoms with E-state index in [-0.39, 0.29) is 0 Å². The van der Waals surface area contributed by atoms with Crippen molar-refractivity contribution in [3.63, 3.8) is 0 Å². The topological polar surface area (TPSA) is 144 Å². The SMILES string of the molecule is O=C(O)C(F)(F)F.O=C(O)C(F)(F)F.O=C(O)C(F)(F)F.c1cncc(CN2CCC3(C2)CN(Cc2ccco2)C3)c1. The zero-order chi connectivity index (χ0) is 32.4.